The van der Waals surface area contributed by atoms with Crippen molar-refractivity contribution in [3.05, 3.63) is 53.1 Å². The smallest absolute Gasteiger partial charge is 0.255 e. The molecule has 2 N–H and O–H groups in total. The molecule has 1 aliphatic rings. The number of nitrogens with one attached hydrogen (secondary N) is 2. The lowest BCUT2D eigenvalue weighted by Gasteiger charge is -2.27. The highest BCUT2D eigenvalue weighted by molar-refractivity contribution is 7.89. The zero-order chi connectivity index (χ0) is 23.5. The summed E-state index contributed by atoms with van der Waals surface area (Å²) in [5.41, 5.74) is 1.59. The van der Waals surface area contributed by atoms with E-state index in [1.807, 2.05) is 6.92 Å². The van der Waals surface area contributed by atoms with Crippen molar-refractivity contribution >= 4 is 31.6 Å². The summed E-state index contributed by atoms with van der Waals surface area (Å²) in [4.78, 5) is 13.0. The minimum Gasteiger partial charge on any atom is -0.379 e. The van der Waals surface area contributed by atoms with Gasteiger partial charge in [0.05, 0.1) is 23.0 Å². The van der Waals surface area contributed by atoms with Gasteiger partial charge < -0.3 is 10.1 Å². The predicted octanol–water partition coefficient (Wildman–Crippen LogP) is 1.74. The second-order valence-corrected chi connectivity index (χ2v) is 11.1. The Hall–Kier alpha value is -2.31. The van der Waals surface area contributed by atoms with E-state index in [0.717, 1.165) is 0 Å². The molecule has 0 aromatic heterocycles. The van der Waals surface area contributed by atoms with Crippen LogP contribution >= 0.6 is 0 Å². The van der Waals surface area contributed by atoms with E-state index in [2.05, 4.69) is 10.0 Å². The van der Waals surface area contributed by atoms with Crippen molar-refractivity contribution in [1.29, 1.82) is 0 Å². The van der Waals surface area contributed by atoms with E-state index in [1.54, 1.807) is 31.2 Å². The average Bonchev–Trinajstić information content (AvgIpc) is 2.80. The molecule has 2 aromatic carbocycles. The lowest BCUT2D eigenvalue weighted by molar-refractivity contribution is 0.0730. The molecule has 1 amide bonds. The Bertz CT molecular complexity index is 1220. The lowest BCUT2D eigenvalue weighted by atomic mass is 10.1. The van der Waals surface area contributed by atoms with Crippen LogP contribution in [0.25, 0.3) is 0 Å². The fourth-order valence-electron chi connectivity index (χ4n) is 3.43. The number of sulfonamides is 2. The minimum absolute atomic E-state index is 0.0507. The van der Waals surface area contributed by atoms with Gasteiger partial charge in [-0.1, -0.05) is 19.1 Å². The first-order valence-corrected chi connectivity index (χ1v) is 13.1. The number of carbonyl (C=O) groups is 1. The normalized spacial score (nSPS) is 15.5. The average molecular weight is 482 g/mol. The second kappa shape index (κ2) is 9.67. The van der Waals surface area contributed by atoms with Gasteiger partial charge in [-0.25, -0.2) is 21.6 Å². The van der Waals surface area contributed by atoms with E-state index in [9.17, 15) is 21.6 Å². The monoisotopic (exact) mass is 481 g/mol. The molecule has 1 heterocycles. The molecule has 0 saturated carbocycles. The number of aryl methyl sites for hydroxylation is 2. The Balaban J connectivity index is 1.93. The molecule has 32 heavy (non-hydrogen) atoms. The largest absolute Gasteiger partial charge is 0.379 e. The summed E-state index contributed by atoms with van der Waals surface area (Å²) < 4.78 is 59.7. The maximum absolute atomic E-state index is 13.2. The van der Waals surface area contributed by atoms with Crippen LogP contribution in [0.4, 0.5) is 5.69 Å². The first-order valence-electron chi connectivity index (χ1n) is 10.2. The number of benzene rings is 2. The number of morpholine rings is 1. The van der Waals surface area contributed by atoms with Crippen molar-refractivity contribution in [2.45, 2.75) is 30.1 Å². The number of rotatable bonds is 7. The van der Waals surface area contributed by atoms with Gasteiger partial charge in [0, 0.05) is 24.3 Å². The summed E-state index contributed by atoms with van der Waals surface area (Å²) in [6.07, 6.45) is 0.490. The Morgan fingerprint density at radius 1 is 1.03 bits per heavy atom. The highest BCUT2D eigenvalue weighted by Gasteiger charge is 2.29. The standard InChI is InChI=1S/C21H27N3O6S2/c1-4-16-6-7-17(13-20(16)32(28,29)24-9-11-30-12-10-24)21(25)23-18-8-5-15(2)19(14-18)31(26,27)22-3/h5-8,13-14,22H,4,9-12H2,1-3H3,(H,23,25). The number of ether oxygens (including phenoxy) is 1. The molecule has 0 unspecified atom stereocenters. The highest BCUT2D eigenvalue weighted by Crippen LogP contribution is 2.25. The molecule has 174 valence electrons. The lowest BCUT2D eigenvalue weighted by Crippen LogP contribution is -2.41. The van der Waals surface area contributed by atoms with E-state index in [-0.39, 0.29) is 34.1 Å². The van der Waals surface area contributed by atoms with Crippen LogP contribution in [0.15, 0.2) is 46.2 Å². The number of hydrogen-bond donors (Lipinski definition) is 2. The van der Waals surface area contributed by atoms with Gasteiger partial charge in [-0.2, -0.15) is 4.31 Å². The van der Waals surface area contributed by atoms with Crippen LogP contribution in [0, 0.1) is 6.92 Å². The van der Waals surface area contributed by atoms with Crippen molar-refractivity contribution < 1.29 is 26.4 Å². The Kier molecular flexibility index (Phi) is 7.36. The maximum atomic E-state index is 13.2. The van der Waals surface area contributed by atoms with Crippen LogP contribution in [-0.4, -0.2) is 60.4 Å². The molecule has 11 heteroatoms. The van der Waals surface area contributed by atoms with Gasteiger partial charge in [0.1, 0.15) is 0 Å². The first-order chi connectivity index (χ1) is 15.1. The van der Waals surface area contributed by atoms with Crippen molar-refractivity contribution in [3.63, 3.8) is 0 Å². The number of nitrogens with zero attached hydrogens (tertiary/aromatic N) is 1. The third-order valence-corrected chi connectivity index (χ3v) is 8.84. The summed E-state index contributed by atoms with van der Waals surface area (Å²) in [7, 11) is -6.17. The topological polar surface area (TPSA) is 122 Å². The van der Waals surface area contributed by atoms with E-state index in [0.29, 0.717) is 30.8 Å². The predicted molar refractivity (Wildman–Crippen MR) is 121 cm³/mol. The van der Waals surface area contributed by atoms with Crippen LogP contribution in [0.2, 0.25) is 0 Å². The van der Waals surface area contributed by atoms with E-state index in [4.69, 9.17) is 4.74 Å². The SMILES string of the molecule is CCc1ccc(C(=O)Nc2ccc(C)c(S(=O)(=O)NC)c2)cc1S(=O)(=O)N1CCOCC1. The molecule has 0 spiro atoms. The first kappa shape index (κ1) is 24.3. The zero-order valence-corrected chi connectivity index (χ0v) is 19.8. The van der Waals surface area contributed by atoms with Crippen molar-refractivity contribution in [2.75, 3.05) is 38.7 Å². The van der Waals surface area contributed by atoms with Crippen LogP contribution in [-0.2, 0) is 31.2 Å². The maximum Gasteiger partial charge on any atom is 0.255 e. The third-order valence-electron chi connectivity index (χ3n) is 5.30. The molecular weight excluding hydrogens is 454 g/mol. The number of anilines is 1. The summed E-state index contributed by atoms with van der Waals surface area (Å²) in [6, 6.07) is 9.12. The minimum atomic E-state index is -3.78. The van der Waals surface area contributed by atoms with Gasteiger partial charge in [0.2, 0.25) is 20.0 Å². The van der Waals surface area contributed by atoms with Gasteiger partial charge in [-0.15, -0.1) is 0 Å². The van der Waals surface area contributed by atoms with E-state index >= 15 is 0 Å². The Morgan fingerprint density at radius 2 is 1.72 bits per heavy atom. The van der Waals surface area contributed by atoms with Gasteiger partial charge in [-0.05, 0) is 55.8 Å². The molecule has 0 aliphatic carbocycles. The third kappa shape index (κ3) is 5.02. The molecule has 2 aromatic rings. The summed E-state index contributed by atoms with van der Waals surface area (Å²) in [6.45, 7) is 4.67. The van der Waals surface area contributed by atoms with Gasteiger partial charge >= 0.3 is 0 Å². The summed E-state index contributed by atoms with van der Waals surface area (Å²) in [5.74, 6) is -0.539. The van der Waals surface area contributed by atoms with Crippen molar-refractivity contribution in [2.24, 2.45) is 0 Å². The van der Waals surface area contributed by atoms with Crippen LogP contribution in [0.3, 0.4) is 0 Å². The van der Waals surface area contributed by atoms with Crippen molar-refractivity contribution in [3.8, 4) is 0 Å². The number of hydrogen-bond acceptors (Lipinski definition) is 6. The number of carbonyl (C=O) groups excluding carboxylic acids is 1. The van der Waals surface area contributed by atoms with Crippen LogP contribution in [0.1, 0.15) is 28.4 Å². The fraction of sp³-hybridized carbons (Fsp3) is 0.381. The molecular formula is C21H27N3O6S2. The Labute approximate surface area is 188 Å². The van der Waals surface area contributed by atoms with Gasteiger partial charge in [0.15, 0.2) is 0 Å². The molecule has 3 rings (SSSR count). The van der Waals surface area contributed by atoms with E-state index < -0.39 is 26.0 Å². The molecule has 9 nitrogen and oxygen atoms in total. The number of amides is 1. The Morgan fingerprint density at radius 3 is 2.34 bits per heavy atom. The highest BCUT2D eigenvalue weighted by atomic mass is 32.2. The molecule has 1 saturated heterocycles. The molecule has 0 atom stereocenters. The van der Waals surface area contributed by atoms with E-state index in [1.165, 1.54) is 23.5 Å². The molecule has 0 bridgehead atoms. The van der Waals surface area contributed by atoms with Crippen LogP contribution in [0.5, 0.6) is 0 Å². The molecule has 1 aliphatic heterocycles. The molecule has 0 radical (unpaired) electrons. The summed E-state index contributed by atoms with van der Waals surface area (Å²) in [5, 5.41) is 2.66. The quantitative estimate of drug-likeness (QED) is 0.621. The second-order valence-electron chi connectivity index (χ2n) is 7.33. The van der Waals surface area contributed by atoms with Gasteiger partial charge in [0.25, 0.3) is 5.91 Å². The van der Waals surface area contributed by atoms with Gasteiger partial charge in [-0.3, -0.25) is 4.79 Å². The summed E-state index contributed by atoms with van der Waals surface area (Å²) >= 11 is 0. The molecule has 1 fully saturated rings. The zero-order valence-electron chi connectivity index (χ0n) is 18.2. The van der Waals surface area contributed by atoms with Crippen molar-refractivity contribution in [1.82, 2.24) is 9.03 Å². The fourth-order valence-corrected chi connectivity index (χ4v) is 6.16. The van der Waals surface area contributed by atoms with Crippen LogP contribution < -0.4 is 10.0 Å².